The number of halogens is 1. The average molecular weight is 455 g/mol. The Hall–Kier alpha value is -3.53. The SMILES string of the molecule is CCOc1ccc(-c2nc(Nc3cnn(CCC(=O)N4CCOCC4)c3)ncc2C)cc1F. The van der Waals surface area contributed by atoms with E-state index in [1.807, 2.05) is 18.7 Å². The Morgan fingerprint density at radius 2 is 2.09 bits per heavy atom. The number of amides is 1. The second-order valence-corrected chi connectivity index (χ2v) is 7.66. The number of hydrogen-bond acceptors (Lipinski definition) is 7. The maximum atomic E-state index is 14.3. The lowest BCUT2D eigenvalue weighted by Crippen LogP contribution is -2.40. The minimum Gasteiger partial charge on any atom is -0.491 e. The lowest BCUT2D eigenvalue weighted by molar-refractivity contribution is -0.135. The third-order valence-corrected chi connectivity index (χ3v) is 5.28. The van der Waals surface area contributed by atoms with E-state index >= 15 is 0 Å². The number of benzene rings is 1. The van der Waals surface area contributed by atoms with Crippen LogP contribution in [0.5, 0.6) is 5.75 Å². The van der Waals surface area contributed by atoms with Crippen molar-refractivity contribution in [1.82, 2.24) is 24.6 Å². The van der Waals surface area contributed by atoms with Crippen LogP contribution in [0.1, 0.15) is 18.9 Å². The van der Waals surface area contributed by atoms with Crippen LogP contribution in [-0.2, 0) is 16.1 Å². The van der Waals surface area contributed by atoms with Crippen molar-refractivity contribution in [3.8, 4) is 17.0 Å². The molecule has 3 aromatic rings. The molecular formula is C23H27FN6O3. The molecule has 1 saturated heterocycles. The molecule has 4 rings (SSSR count). The molecule has 0 saturated carbocycles. The Labute approximate surface area is 191 Å². The molecular weight excluding hydrogens is 427 g/mol. The first-order valence-electron chi connectivity index (χ1n) is 10.9. The first kappa shape index (κ1) is 22.7. The zero-order valence-corrected chi connectivity index (χ0v) is 18.8. The molecule has 0 unspecified atom stereocenters. The molecule has 10 heteroatoms. The van der Waals surface area contributed by atoms with E-state index in [9.17, 15) is 9.18 Å². The smallest absolute Gasteiger partial charge is 0.227 e. The van der Waals surface area contributed by atoms with E-state index in [-0.39, 0.29) is 11.7 Å². The fourth-order valence-electron chi connectivity index (χ4n) is 3.58. The molecule has 0 spiro atoms. The summed E-state index contributed by atoms with van der Waals surface area (Å²) in [5, 5.41) is 7.43. The zero-order valence-electron chi connectivity index (χ0n) is 18.8. The highest BCUT2D eigenvalue weighted by molar-refractivity contribution is 5.76. The quantitative estimate of drug-likeness (QED) is 0.559. The molecule has 1 N–H and O–H groups in total. The van der Waals surface area contributed by atoms with E-state index in [1.165, 1.54) is 6.07 Å². The molecule has 174 valence electrons. The molecule has 1 aliphatic heterocycles. The summed E-state index contributed by atoms with van der Waals surface area (Å²) in [6.07, 6.45) is 5.50. The second-order valence-electron chi connectivity index (χ2n) is 7.66. The zero-order chi connectivity index (χ0) is 23.2. The van der Waals surface area contributed by atoms with Crippen LogP contribution in [-0.4, -0.2) is 63.5 Å². The standard InChI is InChI=1S/C23H27FN6O3/c1-3-33-20-5-4-17(12-19(20)24)22-16(2)13-25-23(28-22)27-18-14-26-30(15-18)7-6-21(31)29-8-10-32-11-9-29/h4-5,12-15H,3,6-11H2,1-2H3,(H,25,27,28). The van der Waals surface area contributed by atoms with Gasteiger partial charge in [-0.05, 0) is 37.6 Å². The van der Waals surface area contributed by atoms with E-state index in [2.05, 4.69) is 20.4 Å². The minimum absolute atomic E-state index is 0.0948. The second kappa shape index (κ2) is 10.4. The van der Waals surface area contributed by atoms with Crippen LogP contribution in [0.25, 0.3) is 11.3 Å². The van der Waals surface area contributed by atoms with E-state index < -0.39 is 5.82 Å². The van der Waals surface area contributed by atoms with Crippen LogP contribution in [0.15, 0.2) is 36.8 Å². The highest BCUT2D eigenvalue weighted by Crippen LogP contribution is 2.27. The van der Waals surface area contributed by atoms with Crippen molar-refractivity contribution in [3.05, 3.63) is 48.2 Å². The summed E-state index contributed by atoms with van der Waals surface area (Å²) in [5.74, 6) is 0.242. The van der Waals surface area contributed by atoms with Crippen molar-refractivity contribution in [2.75, 3.05) is 38.2 Å². The van der Waals surface area contributed by atoms with E-state index in [0.717, 1.165) is 5.56 Å². The minimum atomic E-state index is -0.435. The summed E-state index contributed by atoms with van der Waals surface area (Å²) < 4.78 is 26.6. The van der Waals surface area contributed by atoms with Gasteiger partial charge in [0.05, 0.1) is 37.4 Å². The largest absolute Gasteiger partial charge is 0.491 e. The van der Waals surface area contributed by atoms with Crippen molar-refractivity contribution in [2.24, 2.45) is 0 Å². The molecule has 0 aliphatic carbocycles. The normalized spacial score (nSPS) is 13.7. The van der Waals surface area contributed by atoms with Crippen LogP contribution in [0.2, 0.25) is 0 Å². The van der Waals surface area contributed by atoms with Gasteiger partial charge >= 0.3 is 0 Å². The molecule has 1 aliphatic rings. The first-order chi connectivity index (χ1) is 16.0. The van der Waals surface area contributed by atoms with Crippen LogP contribution < -0.4 is 10.1 Å². The number of ether oxygens (including phenoxy) is 2. The van der Waals surface area contributed by atoms with Gasteiger partial charge in [0.15, 0.2) is 11.6 Å². The van der Waals surface area contributed by atoms with Crippen LogP contribution in [0.4, 0.5) is 16.0 Å². The predicted molar refractivity (Wildman–Crippen MR) is 121 cm³/mol. The van der Waals surface area contributed by atoms with Gasteiger partial charge in [-0.15, -0.1) is 0 Å². The summed E-state index contributed by atoms with van der Waals surface area (Å²) in [5.41, 5.74) is 2.78. The number of carbonyl (C=O) groups excluding carboxylic acids is 1. The molecule has 0 bridgehead atoms. The number of nitrogens with zero attached hydrogens (tertiary/aromatic N) is 5. The summed E-state index contributed by atoms with van der Waals surface area (Å²) in [6.45, 7) is 7.00. The predicted octanol–water partition coefficient (Wildman–Crippen LogP) is 3.18. The fourth-order valence-corrected chi connectivity index (χ4v) is 3.58. The third kappa shape index (κ3) is 5.64. The number of nitrogens with one attached hydrogen (secondary N) is 1. The Balaban J connectivity index is 1.41. The number of carbonyl (C=O) groups is 1. The summed E-state index contributed by atoms with van der Waals surface area (Å²) in [4.78, 5) is 23.0. The van der Waals surface area contributed by atoms with Gasteiger partial charge < -0.3 is 19.7 Å². The molecule has 3 heterocycles. The highest BCUT2D eigenvalue weighted by atomic mass is 19.1. The van der Waals surface area contributed by atoms with Crippen LogP contribution >= 0.6 is 0 Å². The highest BCUT2D eigenvalue weighted by Gasteiger charge is 2.17. The molecule has 1 fully saturated rings. The number of morpholine rings is 1. The number of anilines is 2. The molecule has 9 nitrogen and oxygen atoms in total. The maximum absolute atomic E-state index is 14.3. The summed E-state index contributed by atoms with van der Waals surface area (Å²) in [7, 11) is 0. The van der Waals surface area contributed by atoms with Gasteiger partial charge in [-0.2, -0.15) is 5.10 Å². The molecule has 1 aromatic carbocycles. The van der Waals surface area contributed by atoms with Gasteiger partial charge in [0.25, 0.3) is 0 Å². The van der Waals surface area contributed by atoms with Crippen molar-refractivity contribution in [2.45, 2.75) is 26.8 Å². The Morgan fingerprint density at radius 3 is 2.85 bits per heavy atom. The van der Waals surface area contributed by atoms with Crippen LogP contribution in [0.3, 0.4) is 0 Å². The third-order valence-electron chi connectivity index (χ3n) is 5.28. The monoisotopic (exact) mass is 454 g/mol. The molecule has 1 amide bonds. The van der Waals surface area contributed by atoms with Gasteiger partial charge in [-0.3, -0.25) is 9.48 Å². The number of aryl methyl sites for hydroxylation is 2. The number of aromatic nitrogens is 4. The number of hydrogen-bond donors (Lipinski definition) is 1. The summed E-state index contributed by atoms with van der Waals surface area (Å²) >= 11 is 0. The number of rotatable bonds is 8. The Bertz CT molecular complexity index is 1110. The van der Waals surface area contributed by atoms with Gasteiger partial charge in [0.2, 0.25) is 11.9 Å². The Morgan fingerprint density at radius 1 is 1.27 bits per heavy atom. The van der Waals surface area contributed by atoms with Crippen molar-refractivity contribution in [1.29, 1.82) is 0 Å². The van der Waals surface area contributed by atoms with Crippen LogP contribution in [0, 0.1) is 12.7 Å². The fraction of sp³-hybridized carbons (Fsp3) is 0.391. The van der Waals surface area contributed by atoms with E-state index in [4.69, 9.17) is 9.47 Å². The van der Waals surface area contributed by atoms with Crippen molar-refractivity contribution in [3.63, 3.8) is 0 Å². The van der Waals surface area contributed by atoms with Gasteiger partial charge in [-0.25, -0.2) is 14.4 Å². The van der Waals surface area contributed by atoms with Gasteiger partial charge in [-0.1, -0.05) is 0 Å². The maximum Gasteiger partial charge on any atom is 0.227 e. The van der Waals surface area contributed by atoms with E-state index in [0.29, 0.717) is 68.8 Å². The van der Waals surface area contributed by atoms with Gasteiger partial charge in [0.1, 0.15) is 0 Å². The average Bonchev–Trinajstić information content (AvgIpc) is 3.28. The van der Waals surface area contributed by atoms with Crippen molar-refractivity contribution < 1.29 is 18.7 Å². The summed E-state index contributed by atoms with van der Waals surface area (Å²) in [6, 6.07) is 4.79. The topological polar surface area (TPSA) is 94.4 Å². The van der Waals surface area contributed by atoms with E-state index in [1.54, 1.807) is 35.4 Å². The first-order valence-corrected chi connectivity index (χ1v) is 10.9. The molecule has 2 aromatic heterocycles. The molecule has 0 atom stereocenters. The Kier molecular flexibility index (Phi) is 7.13. The molecule has 33 heavy (non-hydrogen) atoms. The van der Waals surface area contributed by atoms with Crippen molar-refractivity contribution >= 4 is 17.5 Å². The lowest BCUT2D eigenvalue weighted by atomic mass is 10.1. The lowest BCUT2D eigenvalue weighted by Gasteiger charge is -2.26. The van der Waals surface area contributed by atoms with Gasteiger partial charge in [0, 0.05) is 44.0 Å². The molecule has 0 radical (unpaired) electrons.